The number of amides is 1. The van der Waals surface area contributed by atoms with Crippen molar-refractivity contribution in [2.45, 2.75) is 6.54 Å². The standard InChI is InChI=1S/C15H15BrIN3O/c1-20(2)14-7-10(5-6-18-14)9-19-15(21)12-8-11(16)3-4-13(12)17/h3-8H,9H2,1-2H3,(H,19,21). The maximum atomic E-state index is 12.2. The van der Waals surface area contributed by atoms with Crippen LogP contribution in [-0.4, -0.2) is 25.0 Å². The Morgan fingerprint density at radius 3 is 2.81 bits per heavy atom. The van der Waals surface area contributed by atoms with Gasteiger partial charge >= 0.3 is 0 Å². The van der Waals surface area contributed by atoms with Crippen molar-refractivity contribution in [3.05, 3.63) is 55.7 Å². The highest BCUT2D eigenvalue weighted by Gasteiger charge is 2.10. The predicted octanol–water partition coefficient (Wildman–Crippen LogP) is 3.44. The number of hydrogen-bond donors (Lipinski definition) is 1. The Labute approximate surface area is 146 Å². The summed E-state index contributed by atoms with van der Waals surface area (Å²) in [7, 11) is 3.88. The molecule has 0 spiro atoms. The monoisotopic (exact) mass is 459 g/mol. The Hall–Kier alpha value is -1.15. The molecule has 0 aliphatic carbocycles. The first-order valence-corrected chi connectivity index (χ1v) is 8.20. The van der Waals surface area contributed by atoms with Gasteiger partial charge in [-0.15, -0.1) is 0 Å². The van der Waals surface area contributed by atoms with E-state index in [4.69, 9.17) is 0 Å². The zero-order valence-corrected chi connectivity index (χ0v) is 15.5. The lowest BCUT2D eigenvalue weighted by Gasteiger charge is -2.13. The fourth-order valence-electron chi connectivity index (χ4n) is 1.76. The second kappa shape index (κ2) is 7.22. The van der Waals surface area contributed by atoms with Crippen LogP contribution >= 0.6 is 38.5 Å². The van der Waals surface area contributed by atoms with Crippen LogP contribution in [0.5, 0.6) is 0 Å². The normalized spacial score (nSPS) is 10.3. The van der Waals surface area contributed by atoms with Crippen LogP contribution in [0.4, 0.5) is 5.82 Å². The molecular weight excluding hydrogens is 445 g/mol. The Morgan fingerprint density at radius 1 is 1.33 bits per heavy atom. The molecule has 1 N–H and O–H groups in total. The third-order valence-electron chi connectivity index (χ3n) is 2.89. The number of carbonyl (C=O) groups excluding carboxylic acids is 1. The van der Waals surface area contributed by atoms with E-state index >= 15 is 0 Å². The van der Waals surface area contributed by atoms with Crippen LogP contribution in [0.3, 0.4) is 0 Å². The van der Waals surface area contributed by atoms with Crippen molar-refractivity contribution < 1.29 is 4.79 Å². The fourth-order valence-corrected chi connectivity index (χ4v) is 2.71. The molecule has 6 heteroatoms. The van der Waals surface area contributed by atoms with Crippen molar-refractivity contribution in [2.75, 3.05) is 19.0 Å². The average molecular weight is 460 g/mol. The van der Waals surface area contributed by atoms with E-state index in [-0.39, 0.29) is 5.91 Å². The topological polar surface area (TPSA) is 45.2 Å². The summed E-state index contributed by atoms with van der Waals surface area (Å²) < 4.78 is 1.82. The van der Waals surface area contributed by atoms with Gasteiger partial charge < -0.3 is 10.2 Å². The molecule has 0 radical (unpaired) electrons. The maximum absolute atomic E-state index is 12.2. The SMILES string of the molecule is CN(C)c1cc(CNC(=O)c2cc(Br)ccc2I)ccn1. The molecule has 21 heavy (non-hydrogen) atoms. The number of aromatic nitrogens is 1. The second-order valence-electron chi connectivity index (χ2n) is 4.72. The number of anilines is 1. The van der Waals surface area contributed by atoms with E-state index in [2.05, 4.69) is 48.8 Å². The summed E-state index contributed by atoms with van der Waals surface area (Å²) in [5.74, 6) is 0.794. The van der Waals surface area contributed by atoms with Crippen molar-refractivity contribution in [3.63, 3.8) is 0 Å². The summed E-state index contributed by atoms with van der Waals surface area (Å²) in [4.78, 5) is 18.4. The van der Waals surface area contributed by atoms with Crippen LogP contribution in [0.15, 0.2) is 41.0 Å². The Kier molecular flexibility index (Phi) is 5.58. The molecule has 0 bridgehead atoms. The Balaban J connectivity index is 2.07. The van der Waals surface area contributed by atoms with Crippen molar-refractivity contribution in [2.24, 2.45) is 0 Å². The summed E-state index contributed by atoms with van der Waals surface area (Å²) in [6.07, 6.45) is 1.75. The number of pyridine rings is 1. The summed E-state index contributed by atoms with van der Waals surface area (Å²) >= 11 is 5.55. The van der Waals surface area contributed by atoms with Crippen molar-refractivity contribution in [1.29, 1.82) is 0 Å². The van der Waals surface area contributed by atoms with Gasteiger partial charge in [0.25, 0.3) is 5.91 Å². The van der Waals surface area contributed by atoms with E-state index in [0.717, 1.165) is 19.4 Å². The van der Waals surface area contributed by atoms with Gasteiger partial charge in [0, 0.05) is 34.9 Å². The highest BCUT2D eigenvalue weighted by molar-refractivity contribution is 14.1. The fraction of sp³-hybridized carbons (Fsp3) is 0.200. The lowest BCUT2D eigenvalue weighted by Crippen LogP contribution is -2.24. The first-order valence-electron chi connectivity index (χ1n) is 6.33. The van der Waals surface area contributed by atoms with E-state index in [9.17, 15) is 4.79 Å². The summed E-state index contributed by atoms with van der Waals surface area (Å²) in [5, 5.41) is 2.94. The van der Waals surface area contributed by atoms with Gasteiger partial charge in [-0.2, -0.15) is 0 Å². The van der Waals surface area contributed by atoms with Gasteiger partial charge in [-0.1, -0.05) is 15.9 Å². The molecule has 0 atom stereocenters. The van der Waals surface area contributed by atoms with Gasteiger partial charge in [-0.3, -0.25) is 4.79 Å². The van der Waals surface area contributed by atoms with Crippen LogP contribution in [-0.2, 0) is 6.54 Å². The van der Waals surface area contributed by atoms with Gasteiger partial charge in [0.15, 0.2) is 0 Å². The third kappa shape index (κ3) is 4.41. The molecule has 0 aliphatic rings. The number of nitrogens with one attached hydrogen (secondary N) is 1. The van der Waals surface area contributed by atoms with E-state index < -0.39 is 0 Å². The van der Waals surface area contributed by atoms with Crippen LogP contribution in [0.25, 0.3) is 0 Å². The average Bonchev–Trinajstić information content (AvgIpc) is 2.47. The smallest absolute Gasteiger partial charge is 0.252 e. The number of halogens is 2. The van der Waals surface area contributed by atoms with Crippen LogP contribution in [0.2, 0.25) is 0 Å². The zero-order valence-electron chi connectivity index (χ0n) is 11.7. The zero-order chi connectivity index (χ0) is 15.4. The molecule has 1 aromatic carbocycles. The molecule has 1 aromatic heterocycles. The molecule has 0 saturated carbocycles. The number of rotatable bonds is 4. The van der Waals surface area contributed by atoms with Gasteiger partial charge in [-0.05, 0) is 58.5 Å². The summed E-state index contributed by atoms with van der Waals surface area (Å²) in [6.45, 7) is 0.477. The molecule has 0 saturated heterocycles. The largest absolute Gasteiger partial charge is 0.363 e. The highest BCUT2D eigenvalue weighted by Crippen LogP contribution is 2.18. The van der Waals surface area contributed by atoms with E-state index in [1.807, 2.05) is 49.3 Å². The minimum Gasteiger partial charge on any atom is -0.363 e. The number of carbonyl (C=O) groups is 1. The first-order chi connectivity index (χ1) is 9.97. The molecule has 0 aliphatic heterocycles. The van der Waals surface area contributed by atoms with E-state index in [1.54, 1.807) is 6.20 Å². The van der Waals surface area contributed by atoms with Crippen LogP contribution < -0.4 is 10.2 Å². The summed E-state index contributed by atoms with van der Waals surface area (Å²) in [6, 6.07) is 9.53. The molecule has 110 valence electrons. The van der Waals surface area contributed by atoms with Gasteiger partial charge in [0.1, 0.15) is 5.82 Å². The first kappa shape index (κ1) is 16.2. The van der Waals surface area contributed by atoms with Crippen molar-refractivity contribution >= 4 is 50.2 Å². The lowest BCUT2D eigenvalue weighted by molar-refractivity contribution is 0.0950. The molecule has 0 fully saturated rings. The Morgan fingerprint density at radius 2 is 2.10 bits per heavy atom. The summed E-state index contributed by atoms with van der Waals surface area (Å²) in [5.41, 5.74) is 1.69. The number of benzene rings is 1. The molecular formula is C15H15BrIN3O. The highest BCUT2D eigenvalue weighted by atomic mass is 127. The molecule has 1 heterocycles. The van der Waals surface area contributed by atoms with Gasteiger partial charge in [-0.25, -0.2) is 4.98 Å². The number of hydrogen-bond acceptors (Lipinski definition) is 3. The maximum Gasteiger partial charge on any atom is 0.252 e. The minimum atomic E-state index is -0.0797. The molecule has 4 nitrogen and oxygen atoms in total. The van der Waals surface area contributed by atoms with Crippen molar-refractivity contribution in [3.8, 4) is 0 Å². The Bertz CT molecular complexity index is 661. The quantitative estimate of drug-likeness (QED) is 0.712. The molecule has 1 amide bonds. The minimum absolute atomic E-state index is 0.0797. The third-order valence-corrected chi connectivity index (χ3v) is 4.33. The predicted molar refractivity (Wildman–Crippen MR) is 96.6 cm³/mol. The van der Waals surface area contributed by atoms with Gasteiger partial charge in [0.2, 0.25) is 0 Å². The molecule has 0 unspecified atom stereocenters. The van der Waals surface area contributed by atoms with Crippen molar-refractivity contribution in [1.82, 2.24) is 10.3 Å². The molecule has 2 rings (SSSR count). The van der Waals surface area contributed by atoms with Gasteiger partial charge in [0.05, 0.1) is 5.56 Å². The van der Waals surface area contributed by atoms with E-state index in [1.165, 1.54) is 0 Å². The van der Waals surface area contributed by atoms with Crippen LogP contribution in [0, 0.1) is 3.57 Å². The lowest BCUT2D eigenvalue weighted by atomic mass is 10.2. The second-order valence-corrected chi connectivity index (χ2v) is 6.80. The van der Waals surface area contributed by atoms with Crippen LogP contribution in [0.1, 0.15) is 15.9 Å². The van der Waals surface area contributed by atoms with E-state index in [0.29, 0.717) is 12.1 Å². The number of nitrogens with zero attached hydrogens (tertiary/aromatic N) is 2. The molecule has 2 aromatic rings.